The maximum absolute atomic E-state index is 14.0. The summed E-state index contributed by atoms with van der Waals surface area (Å²) < 4.78 is 29.2. The van der Waals surface area contributed by atoms with Gasteiger partial charge in [-0.15, -0.1) is 0 Å². The molecule has 0 heterocycles. The van der Waals surface area contributed by atoms with Crippen LogP contribution < -0.4 is 14.9 Å². The molecule has 0 saturated heterocycles. The van der Waals surface area contributed by atoms with Gasteiger partial charge in [0.2, 0.25) is 0 Å². The van der Waals surface area contributed by atoms with E-state index in [-0.39, 0.29) is 28.6 Å². The van der Waals surface area contributed by atoms with E-state index < -0.39 is 15.9 Å². The van der Waals surface area contributed by atoms with Crippen molar-refractivity contribution < 1.29 is 18.0 Å². The summed E-state index contributed by atoms with van der Waals surface area (Å²) in [6, 6.07) is 40.5. The van der Waals surface area contributed by atoms with E-state index in [1.165, 1.54) is 16.4 Å². The topological polar surface area (TPSA) is 95.6 Å². The van der Waals surface area contributed by atoms with E-state index in [9.17, 15) is 18.0 Å². The zero-order chi connectivity index (χ0) is 30.1. The highest BCUT2D eigenvalue weighted by Gasteiger charge is 2.29. The molecule has 5 aromatic rings. The number of hydrogen-bond donors (Lipinski definition) is 2. The number of nitrogens with one attached hydrogen (secondary N) is 2. The molecular formula is C35H31N3O4S. The smallest absolute Gasteiger partial charge is 0.264 e. The van der Waals surface area contributed by atoms with Crippen LogP contribution in [0.25, 0.3) is 0 Å². The zero-order valence-corrected chi connectivity index (χ0v) is 24.2. The van der Waals surface area contributed by atoms with Gasteiger partial charge in [0.05, 0.1) is 33.9 Å². The van der Waals surface area contributed by atoms with Crippen LogP contribution in [-0.4, -0.2) is 26.8 Å². The first kappa shape index (κ1) is 29.3. The third-order valence-corrected chi connectivity index (χ3v) is 8.65. The summed E-state index contributed by atoms with van der Waals surface area (Å²) in [5.41, 5.74) is 2.86. The Morgan fingerprint density at radius 3 is 1.79 bits per heavy atom. The van der Waals surface area contributed by atoms with Gasteiger partial charge in [0, 0.05) is 6.54 Å². The maximum Gasteiger partial charge on any atom is 0.264 e. The Balaban J connectivity index is 1.42. The Morgan fingerprint density at radius 2 is 1.12 bits per heavy atom. The van der Waals surface area contributed by atoms with Crippen LogP contribution in [0.1, 0.15) is 31.8 Å². The van der Waals surface area contributed by atoms with E-state index in [0.29, 0.717) is 24.2 Å². The second-order valence-corrected chi connectivity index (χ2v) is 11.7. The van der Waals surface area contributed by atoms with Crippen LogP contribution in [0.2, 0.25) is 0 Å². The number of carbonyl (C=O) groups excluding carboxylic acids is 2. The van der Waals surface area contributed by atoms with E-state index in [0.717, 1.165) is 11.1 Å². The Labute approximate surface area is 251 Å². The normalized spacial score (nSPS) is 11.0. The van der Waals surface area contributed by atoms with Crippen LogP contribution >= 0.6 is 0 Å². The summed E-state index contributed by atoms with van der Waals surface area (Å²) in [6.07, 6.45) is 0.668. The van der Waals surface area contributed by atoms with Crippen LogP contribution in [0, 0.1) is 0 Å². The van der Waals surface area contributed by atoms with Gasteiger partial charge in [-0.05, 0) is 53.9 Å². The minimum atomic E-state index is -4.05. The number of anilines is 2. The Kier molecular flexibility index (Phi) is 9.29. The van der Waals surface area contributed by atoms with Crippen molar-refractivity contribution >= 4 is 33.2 Å². The highest BCUT2D eigenvalue weighted by Crippen LogP contribution is 2.30. The highest BCUT2D eigenvalue weighted by atomic mass is 32.2. The average molecular weight is 590 g/mol. The van der Waals surface area contributed by atoms with Crippen LogP contribution in [0.4, 0.5) is 11.4 Å². The quantitative estimate of drug-likeness (QED) is 0.189. The van der Waals surface area contributed by atoms with Crippen molar-refractivity contribution in [2.45, 2.75) is 17.9 Å². The fourth-order valence-corrected chi connectivity index (χ4v) is 6.18. The molecule has 0 aromatic heterocycles. The number of nitrogens with zero attached hydrogens (tertiary/aromatic N) is 1. The molecule has 8 heteroatoms. The van der Waals surface area contributed by atoms with Crippen molar-refractivity contribution in [1.82, 2.24) is 5.32 Å². The fourth-order valence-electron chi connectivity index (χ4n) is 4.69. The van der Waals surface area contributed by atoms with E-state index in [1.54, 1.807) is 66.7 Å². The molecule has 0 bridgehead atoms. The summed E-state index contributed by atoms with van der Waals surface area (Å²) in [5, 5.41) is 5.76. The van der Waals surface area contributed by atoms with E-state index >= 15 is 0 Å². The summed E-state index contributed by atoms with van der Waals surface area (Å²) in [7, 11) is -4.05. The number of hydrogen-bond acceptors (Lipinski definition) is 4. The first-order valence-corrected chi connectivity index (χ1v) is 15.3. The van der Waals surface area contributed by atoms with Gasteiger partial charge in [0.25, 0.3) is 21.8 Å². The molecule has 216 valence electrons. The van der Waals surface area contributed by atoms with Gasteiger partial charge in [-0.3, -0.25) is 13.9 Å². The van der Waals surface area contributed by atoms with E-state index in [4.69, 9.17) is 0 Å². The van der Waals surface area contributed by atoms with Crippen molar-refractivity contribution in [1.29, 1.82) is 0 Å². The van der Waals surface area contributed by atoms with Crippen molar-refractivity contribution in [3.05, 3.63) is 162 Å². The standard InChI is InChI=1S/C35H31N3O4S/c39-34(36-25-24-27-14-4-1-5-15-27)30-20-10-12-22-32(30)37-35(40)31-21-11-13-23-33(31)38(26-28-16-6-2-7-17-28)43(41,42)29-18-8-3-9-19-29/h1-23H,24-26H2,(H,36,39)(H,37,40). The van der Waals surface area contributed by atoms with Crippen molar-refractivity contribution in [3.63, 3.8) is 0 Å². The van der Waals surface area contributed by atoms with Crippen molar-refractivity contribution in [3.8, 4) is 0 Å². The number of amides is 2. The number of rotatable bonds is 11. The molecule has 2 N–H and O–H groups in total. The van der Waals surface area contributed by atoms with Crippen molar-refractivity contribution in [2.75, 3.05) is 16.2 Å². The van der Waals surface area contributed by atoms with Gasteiger partial charge in [-0.1, -0.05) is 103 Å². The van der Waals surface area contributed by atoms with Gasteiger partial charge in [-0.25, -0.2) is 8.42 Å². The first-order valence-electron chi connectivity index (χ1n) is 13.9. The maximum atomic E-state index is 14.0. The van der Waals surface area contributed by atoms with Crippen LogP contribution in [-0.2, 0) is 23.0 Å². The molecule has 0 fully saturated rings. The van der Waals surface area contributed by atoms with Crippen LogP contribution in [0.15, 0.2) is 144 Å². The monoisotopic (exact) mass is 589 g/mol. The predicted octanol–water partition coefficient (Wildman–Crippen LogP) is 6.31. The largest absolute Gasteiger partial charge is 0.352 e. The minimum Gasteiger partial charge on any atom is -0.352 e. The molecule has 7 nitrogen and oxygen atoms in total. The Hall–Kier alpha value is -5.21. The van der Waals surface area contributed by atoms with E-state index in [1.807, 2.05) is 60.7 Å². The van der Waals surface area contributed by atoms with Gasteiger partial charge in [-0.2, -0.15) is 0 Å². The molecule has 0 aliphatic rings. The van der Waals surface area contributed by atoms with Crippen molar-refractivity contribution in [2.24, 2.45) is 0 Å². The minimum absolute atomic E-state index is 0.0166. The first-order chi connectivity index (χ1) is 20.9. The SMILES string of the molecule is O=C(NCCc1ccccc1)c1ccccc1NC(=O)c1ccccc1N(Cc1ccccc1)S(=O)(=O)c1ccccc1. The van der Waals surface area contributed by atoms with Gasteiger partial charge in [0.15, 0.2) is 0 Å². The third-order valence-electron chi connectivity index (χ3n) is 6.88. The molecule has 5 aromatic carbocycles. The molecule has 0 aliphatic heterocycles. The fraction of sp³-hybridized carbons (Fsp3) is 0.0857. The number of para-hydroxylation sites is 2. The molecule has 0 atom stereocenters. The molecule has 0 unspecified atom stereocenters. The van der Waals surface area contributed by atoms with Gasteiger partial charge in [0.1, 0.15) is 0 Å². The second kappa shape index (κ2) is 13.6. The lowest BCUT2D eigenvalue weighted by atomic mass is 10.1. The second-order valence-electron chi connectivity index (χ2n) is 9.82. The Morgan fingerprint density at radius 1 is 0.581 bits per heavy atom. The Bertz CT molecular complexity index is 1800. The van der Waals surface area contributed by atoms with Gasteiger partial charge >= 0.3 is 0 Å². The number of sulfonamides is 1. The molecule has 0 spiro atoms. The molecule has 0 radical (unpaired) electrons. The summed E-state index contributed by atoms with van der Waals surface area (Å²) >= 11 is 0. The highest BCUT2D eigenvalue weighted by molar-refractivity contribution is 7.92. The molecular weight excluding hydrogens is 558 g/mol. The lowest BCUT2D eigenvalue weighted by molar-refractivity contribution is 0.0955. The number of carbonyl (C=O) groups is 2. The average Bonchev–Trinajstić information content (AvgIpc) is 3.05. The molecule has 43 heavy (non-hydrogen) atoms. The lowest BCUT2D eigenvalue weighted by Gasteiger charge is -2.26. The zero-order valence-electron chi connectivity index (χ0n) is 23.4. The van der Waals surface area contributed by atoms with E-state index in [2.05, 4.69) is 10.6 Å². The molecule has 5 rings (SSSR count). The van der Waals surface area contributed by atoms with Crippen LogP contribution in [0.5, 0.6) is 0 Å². The summed E-state index contributed by atoms with van der Waals surface area (Å²) in [6.45, 7) is 0.447. The molecule has 2 amide bonds. The molecule has 0 aliphatic carbocycles. The van der Waals surface area contributed by atoms with Crippen LogP contribution in [0.3, 0.4) is 0 Å². The third kappa shape index (κ3) is 7.17. The molecule has 0 saturated carbocycles. The lowest BCUT2D eigenvalue weighted by Crippen LogP contribution is -2.32. The summed E-state index contributed by atoms with van der Waals surface area (Å²) in [5.74, 6) is -0.862. The number of benzene rings is 5. The predicted molar refractivity (Wildman–Crippen MR) is 170 cm³/mol. The summed E-state index contributed by atoms with van der Waals surface area (Å²) in [4.78, 5) is 27.0. The van der Waals surface area contributed by atoms with Gasteiger partial charge < -0.3 is 10.6 Å².